The Bertz CT molecular complexity index is 1040. The summed E-state index contributed by atoms with van der Waals surface area (Å²) in [6, 6.07) is 12.8. The lowest BCUT2D eigenvalue weighted by Gasteiger charge is -2.11. The topological polar surface area (TPSA) is 107 Å². The van der Waals surface area contributed by atoms with E-state index in [2.05, 4.69) is 4.98 Å². The Labute approximate surface area is 146 Å². The molecule has 0 atom stereocenters. The maximum absolute atomic E-state index is 12.5. The molecular formula is C18H11N3O5. The molecule has 128 valence electrons. The van der Waals surface area contributed by atoms with Gasteiger partial charge in [0.05, 0.1) is 28.3 Å². The van der Waals surface area contributed by atoms with E-state index >= 15 is 0 Å². The van der Waals surface area contributed by atoms with Crippen molar-refractivity contribution in [2.45, 2.75) is 6.54 Å². The van der Waals surface area contributed by atoms with Crippen LogP contribution in [0.1, 0.15) is 26.4 Å². The second-order valence-corrected chi connectivity index (χ2v) is 5.69. The highest BCUT2D eigenvalue weighted by molar-refractivity contribution is 6.21. The summed E-state index contributed by atoms with van der Waals surface area (Å²) in [6.07, 6.45) is 1.38. The number of carbonyl (C=O) groups excluding carboxylic acids is 2. The first-order chi connectivity index (χ1) is 12.5. The Morgan fingerprint density at radius 2 is 1.77 bits per heavy atom. The number of carbonyl (C=O) groups is 2. The minimum Gasteiger partial charge on any atom is -0.444 e. The first kappa shape index (κ1) is 15.7. The summed E-state index contributed by atoms with van der Waals surface area (Å²) < 4.78 is 5.41. The smallest absolute Gasteiger partial charge is 0.270 e. The predicted molar refractivity (Wildman–Crippen MR) is 89.2 cm³/mol. The van der Waals surface area contributed by atoms with Crippen LogP contribution in [0.15, 0.2) is 59.2 Å². The second kappa shape index (κ2) is 5.92. The monoisotopic (exact) mass is 349 g/mol. The van der Waals surface area contributed by atoms with Crippen molar-refractivity contribution < 1.29 is 18.9 Å². The maximum atomic E-state index is 12.5. The van der Waals surface area contributed by atoms with Gasteiger partial charge in [0.1, 0.15) is 6.26 Å². The van der Waals surface area contributed by atoms with Crippen LogP contribution in [0.3, 0.4) is 0 Å². The van der Waals surface area contributed by atoms with Crippen LogP contribution < -0.4 is 0 Å². The number of hydrogen-bond acceptors (Lipinski definition) is 6. The molecule has 2 heterocycles. The van der Waals surface area contributed by atoms with Gasteiger partial charge in [-0.25, -0.2) is 4.98 Å². The van der Waals surface area contributed by atoms with E-state index < -0.39 is 16.7 Å². The molecule has 0 aliphatic carbocycles. The highest BCUT2D eigenvalue weighted by Gasteiger charge is 2.37. The average molecular weight is 349 g/mol. The van der Waals surface area contributed by atoms with Crippen molar-refractivity contribution in [3.63, 3.8) is 0 Å². The molecule has 8 heteroatoms. The Hall–Kier alpha value is -3.81. The van der Waals surface area contributed by atoms with Crippen molar-refractivity contribution in [2.24, 2.45) is 0 Å². The predicted octanol–water partition coefficient (Wildman–Crippen LogP) is 3.05. The maximum Gasteiger partial charge on any atom is 0.270 e. The molecule has 1 aliphatic heterocycles. The van der Waals surface area contributed by atoms with Crippen LogP contribution in [0.5, 0.6) is 0 Å². The largest absolute Gasteiger partial charge is 0.444 e. The molecule has 1 aliphatic rings. The van der Waals surface area contributed by atoms with E-state index in [4.69, 9.17) is 4.42 Å². The number of fused-ring (bicyclic) bond motifs is 1. The molecule has 1 aromatic heterocycles. The molecule has 8 nitrogen and oxygen atoms in total. The van der Waals surface area contributed by atoms with Gasteiger partial charge in [0.15, 0.2) is 0 Å². The fraction of sp³-hybridized carbons (Fsp3) is 0.0556. The van der Waals surface area contributed by atoms with Crippen molar-refractivity contribution in [1.29, 1.82) is 0 Å². The number of aromatic nitrogens is 1. The number of nitrogens with zero attached hydrogens (tertiary/aromatic N) is 3. The van der Waals surface area contributed by atoms with E-state index in [-0.39, 0.29) is 23.4 Å². The van der Waals surface area contributed by atoms with Crippen LogP contribution in [0.25, 0.3) is 11.5 Å². The fourth-order valence-electron chi connectivity index (χ4n) is 2.79. The van der Waals surface area contributed by atoms with Crippen molar-refractivity contribution in [2.75, 3.05) is 0 Å². The quantitative estimate of drug-likeness (QED) is 0.407. The summed E-state index contributed by atoms with van der Waals surface area (Å²) in [4.78, 5) is 40.5. The number of amides is 2. The molecule has 2 amide bonds. The van der Waals surface area contributed by atoms with Gasteiger partial charge in [-0.15, -0.1) is 0 Å². The van der Waals surface area contributed by atoms with Crippen LogP contribution >= 0.6 is 0 Å². The van der Waals surface area contributed by atoms with Gasteiger partial charge in [-0.1, -0.05) is 18.2 Å². The lowest BCUT2D eigenvalue weighted by Crippen LogP contribution is -2.29. The summed E-state index contributed by atoms with van der Waals surface area (Å²) >= 11 is 0. The molecule has 0 bridgehead atoms. The zero-order valence-electron chi connectivity index (χ0n) is 13.3. The van der Waals surface area contributed by atoms with Crippen LogP contribution in [0, 0.1) is 10.1 Å². The first-order valence-corrected chi connectivity index (χ1v) is 7.69. The number of oxazole rings is 1. The normalized spacial score (nSPS) is 13.2. The number of nitro groups is 1. The minimum absolute atomic E-state index is 0.0241. The van der Waals surface area contributed by atoms with Crippen LogP contribution in [-0.2, 0) is 6.54 Å². The van der Waals surface area contributed by atoms with Crippen LogP contribution in [0.2, 0.25) is 0 Å². The Kier molecular flexibility index (Phi) is 3.58. The van der Waals surface area contributed by atoms with E-state index in [0.29, 0.717) is 11.6 Å². The standard InChI is InChI=1S/C18H11N3O5/c22-17-14-7-6-13(21(24)25)8-15(14)18(23)20(17)9-12-10-26-16(19-12)11-4-2-1-3-5-11/h1-8,10H,9H2. The lowest BCUT2D eigenvalue weighted by atomic mass is 10.1. The van der Waals surface area contributed by atoms with E-state index in [0.717, 1.165) is 16.5 Å². The Morgan fingerprint density at radius 3 is 2.50 bits per heavy atom. The Morgan fingerprint density at radius 1 is 1.04 bits per heavy atom. The number of nitro benzene ring substituents is 1. The Balaban J connectivity index is 1.60. The minimum atomic E-state index is -0.607. The molecule has 2 aromatic carbocycles. The number of hydrogen-bond donors (Lipinski definition) is 0. The summed E-state index contributed by atoms with van der Waals surface area (Å²) in [6.45, 7) is -0.0729. The third-order valence-electron chi connectivity index (χ3n) is 4.06. The van der Waals surface area contributed by atoms with Crippen molar-refractivity contribution in [1.82, 2.24) is 9.88 Å². The molecular weight excluding hydrogens is 338 g/mol. The van der Waals surface area contributed by atoms with Crippen molar-refractivity contribution in [3.05, 3.63) is 81.7 Å². The number of rotatable bonds is 4. The van der Waals surface area contributed by atoms with Gasteiger partial charge < -0.3 is 4.42 Å². The van der Waals surface area contributed by atoms with E-state index in [1.165, 1.54) is 18.4 Å². The highest BCUT2D eigenvalue weighted by Crippen LogP contribution is 2.28. The van der Waals surface area contributed by atoms with Gasteiger partial charge in [-0.05, 0) is 18.2 Å². The van der Waals surface area contributed by atoms with Crippen LogP contribution in [0.4, 0.5) is 5.69 Å². The summed E-state index contributed by atoms with van der Waals surface area (Å²) in [5, 5.41) is 10.9. The second-order valence-electron chi connectivity index (χ2n) is 5.69. The molecule has 0 radical (unpaired) electrons. The van der Waals surface area contributed by atoms with Crippen LogP contribution in [-0.4, -0.2) is 26.6 Å². The van der Waals surface area contributed by atoms with Crippen molar-refractivity contribution in [3.8, 4) is 11.5 Å². The highest BCUT2D eigenvalue weighted by atomic mass is 16.6. The molecule has 0 spiro atoms. The van der Waals surface area contributed by atoms with Gasteiger partial charge in [0, 0.05) is 17.7 Å². The van der Waals surface area contributed by atoms with E-state index in [1.54, 1.807) is 0 Å². The zero-order chi connectivity index (χ0) is 18.3. The third kappa shape index (κ3) is 2.53. The van der Waals surface area contributed by atoms with Gasteiger partial charge in [0.25, 0.3) is 17.5 Å². The summed E-state index contributed by atoms with van der Waals surface area (Å²) in [5.74, 6) is -0.713. The van der Waals surface area contributed by atoms with E-state index in [9.17, 15) is 19.7 Å². The SMILES string of the molecule is O=C1c2ccc([N+](=O)[O-])cc2C(=O)N1Cc1coc(-c2ccccc2)n1. The lowest BCUT2D eigenvalue weighted by molar-refractivity contribution is -0.384. The van der Waals surface area contributed by atoms with Gasteiger partial charge >= 0.3 is 0 Å². The summed E-state index contributed by atoms with van der Waals surface area (Å²) in [5.41, 5.74) is 1.12. The van der Waals surface area contributed by atoms with Gasteiger partial charge in [-0.3, -0.25) is 24.6 Å². The molecule has 0 N–H and O–H groups in total. The van der Waals surface area contributed by atoms with E-state index in [1.807, 2.05) is 30.3 Å². The average Bonchev–Trinajstić information content (AvgIpc) is 3.22. The fourth-order valence-corrected chi connectivity index (χ4v) is 2.79. The third-order valence-corrected chi connectivity index (χ3v) is 4.06. The molecule has 0 unspecified atom stereocenters. The number of non-ortho nitro benzene ring substituents is 1. The number of imide groups is 1. The number of benzene rings is 2. The van der Waals surface area contributed by atoms with Gasteiger partial charge in [0.2, 0.25) is 5.89 Å². The molecule has 3 aromatic rings. The molecule has 0 fully saturated rings. The summed E-state index contributed by atoms with van der Waals surface area (Å²) in [7, 11) is 0. The van der Waals surface area contributed by atoms with Gasteiger partial charge in [-0.2, -0.15) is 0 Å². The first-order valence-electron chi connectivity index (χ1n) is 7.69. The van der Waals surface area contributed by atoms with Crippen molar-refractivity contribution >= 4 is 17.5 Å². The molecule has 0 saturated carbocycles. The molecule has 26 heavy (non-hydrogen) atoms. The molecule has 4 rings (SSSR count). The zero-order valence-corrected chi connectivity index (χ0v) is 13.3. The molecule has 0 saturated heterocycles.